The Morgan fingerprint density at radius 2 is 1.71 bits per heavy atom. The molecule has 0 radical (unpaired) electrons. The van der Waals surface area contributed by atoms with Crippen LogP contribution in [-0.4, -0.2) is 10.5 Å². The maximum absolute atomic E-state index is 12.4. The second kappa shape index (κ2) is 6.83. The number of nitrogens with zero attached hydrogens (tertiary/aromatic N) is 2. The van der Waals surface area contributed by atoms with Crippen LogP contribution < -0.4 is 4.57 Å². The van der Waals surface area contributed by atoms with Crippen LogP contribution in [0.15, 0.2) is 61.2 Å². The van der Waals surface area contributed by atoms with Gasteiger partial charge in [-0.2, -0.15) is 4.57 Å². The first-order valence-electron chi connectivity index (χ1n) is 8.29. The van der Waals surface area contributed by atoms with Crippen LogP contribution in [0.2, 0.25) is 0 Å². The van der Waals surface area contributed by atoms with E-state index in [4.69, 9.17) is 0 Å². The average Bonchev–Trinajstić information content (AvgIpc) is 3.02. The monoisotopic (exact) mass is 319 g/mol. The number of benzene rings is 2. The largest absolute Gasteiger partial charge is 0.314 e. The van der Waals surface area contributed by atoms with Crippen molar-refractivity contribution in [2.75, 3.05) is 0 Å². The fraction of sp³-hybridized carbons (Fsp3) is 0.238. The molecule has 0 aliphatic carbocycles. The van der Waals surface area contributed by atoms with Gasteiger partial charge in [0.05, 0.1) is 6.42 Å². The lowest BCUT2D eigenvalue weighted by atomic mass is 10.1. The van der Waals surface area contributed by atoms with Crippen LogP contribution in [0.25, 0.3) is 5.69 Å². The lowest BCUT2D eigenvalue weighted by Crippen LogP contribution is -2.30. The zero-order valence-corrected chi connectivity index (χ0v) is 14.5. The molecule has 0 aliphatic rings. The van der Waals surface area contributed by atoms with Gasteiger partial charge in [-0.15, -0.1) is 0 Å². The quantitative estimate of drug-likeness (QED) is 0.668. The van der Waals surface area contributed by atoms with Gasteiger partial charge in [0, 0.05) is 0 Å². The normalized spacial score (nSPS) is 10.8. The highest BCUT2D eigenvalue weighted by Gasteiger charge is 2.16. The number of aryl methyl sites for hydroxylation is 4. The fourth-order valence-electron chi connectivity index (χ4n) is 3.24. The molecule has 0 spiro atoms. The second-order valence-corrected chi connectivity index (χ2v) is 6.35. The molecule has 0 atom stereocenters. The van der Waals surface area contributed by atoms with Gasteiger partial charge in [-0.25, -0.2) is 9.36 Å². The van der Waals surface area contributed by atoms with Crippen LogP contribution in [-0.2, 0) is 6.42 Å². The highest BCUT2D eigenvalue weighted by atomic mass is 16.2. The Bertz CT molecular complexity index is 840. The maximum Gasteiger partial charge on any atom is 0.314 e. The number of carbonyl (C=O) groups is 1. The maximum atomic E-state index is 12.4. The predicted molar refractivity (Wildman–Crippen MR) is 95.6 cm³/mol. The van der Waals surface area contributed by atoms with Gasteiger partial charge >= 0.3 is 5.91 Å². The van der Waals surface area contributed by atoms with Crippen LogP contribution in [0.1, 0.15) is 33.5 Å². The minimum absolute atomic E-state index is 0.111. The first kappa shape index (κ1) is 16.2. The highest BCUT2D eigenvalue weighted by molar-refractivity contribution is 5.78. The molecule has 0 saturated heterocycles. The van der Waals surface area contributed by atoms with Gasteiger partial charge in [-0.05, 0) is 43.9 Å². The molecule has 0 amide bonds. The molecule has 0 unspecified atom stereocenters. The van der Waals surface area contributed by atoms with Crippen molar-refractivity contribution in [3.8, 4) is 5.69 Å². The molecule has 2 aromatic carbocycles. The average molecular weight is 319 g/mol. The first-order valence-corrected chi connectivity index (χ1v) is 8.29. The molecule has 1 aromatic heterocycles. The molecule has 0 fully saturated rings. The Balaban J connectivity index is 1.77. The topological polar surface area (TPSA) is 25.9 Å². The highest BCUT2D eigenvalue weighted by Crippen LogP contribution is 2.16. The molecular formula is C21H23N2O+. The smallest absolute Gasteiger partial charge is 0.246 e. The minimum Gasteiger partial charge on any atom is -0.246 e. The molecule has 122 valence electrons. The van der Waals surface area contributed by atoms with Crippen molar-refractivity contribution in [3.63, 3.8) is 0 Å². The third kappa shape index (κ3) is 3.46. The standard InChI is InChI=1S/C21H23N2O/c1-16-13-17(2)21(18(3)14-16)23-12-11-22(15-23)20(24)10-9-19-7-5-4-6-8-19/h4-8,11-15H,9-10H2,1-3H3/q+1. The van der Waals surface area contributed by atoms with Gasteiger partial charge in [-0.1, -0.05) is 48.0 Å². The number of hydrogen-bond donors (Lipinski definition) is 0. The molecule has 0 bridgehead atoms. The summed E-state index contributed by atoms with van der Waals surface area (Å²) in [6, 6.07) is 14.5. The van der Waals surface area contributed by atoms with Crippen molar-refractivity contribution in [2.45, 2.75) is 33.6 Å². The van der Waals surface area contributed by atoms with E-state index in [-0.39, 0.29) is 5.91 Å². The summed E-state index contributed by atoms with van der Waals surface area (Å²) in [4.78, 5) is 12.4. The number of rotatable bonds is 4. The number of aromatic nitrogens is 2. The van der Waals surface area contributed by atoms with E-state index in [0.717, 1.165) is 12.1 Å². The Labute approximate surface area is 143 Å². The second-order valence-electron chi connectivity index (χ2n) is 6.35. The minimum atomic E-state index is 0.111. The summed E-state index contributed by atoms with van der Waals surface area (Å²) in [5, 5.41) is 0. The van der Waals surface area contributed by atoms with Gasteiger partial charge in [0.25, 0.3) is 6.33 Å². The Morgan fingerprint density at radius 1 is 1.04 bits per heavy atom. The molecule has 0 saturated carbocycles. The van der Waals surface area contributed by atoms with Crippen LogP contribution in [0.4, 0.5) is 0 Å². The summed E-state index contributed by atoms with van der Waals surface area (Å²) in [6.45, 7) is 6.32. The summed E-state index contributed by atoms with van der Waals surface area (Å²) in [6.07, 6.45) is 6.93. The molecule has 24 heavy (non-hydrogen) atoms. The van der Waals surface area contributed by atoms with Crippen molar-refractivity contribution in [1.82, 2.24) is 4.57 Å². The van der Waals surface area contributed by atoms with E-state index < -0.39 is 0 Å². The van der Waals surface area contributed by atoms with Crippen LogP contribution in [0, 0.1) is 20.8 Å². The van der Waals surface area contributed by atoms with Gasteiger partial charge in [0.15, 0.2) is 0 Å². The van der Waals surface area contributed by atoms with E-state index in [1.165, 1.54) is 22.3 Å². The van der Waals surface area contributed by atoms with Gasteiger partial charge in [0.1, 0.15) is 18.1 Å². The summed E-state index contributed by atoms with van der Waals surface area (Å²) >= 11 is 0. The van der Waals surface area contributed by atoms with Crippen LogP contribution in [0.5, 0.6) is 0 Å². The lowest BCUT2D eigenvalue weighted by molar-refractivity contribution is -0.595. The molecule has 0 aliphatic heterocycles. The predicted octanol–water partition coefficient (Wildman–Crippen LogP) is 3.96. The van der Waals surface area contributed by atoms with E-state index in [1.54, 1.807) is 4.57 Å². The van der Waals surface area contributed by atoms with E-state index >= 15 is 0 Å². The van der Waals surface area contributed by atoms with Crippen molar-refractivity contribution in [1.29, 1.82) is 0 Å². The van der Waals surface area contributed by atoms with Crippen molar-refractivity contribution in [3.05, 3.63) is 83.4 Å². The SMILES string of the molecule is Cc1cc(C)c(-[n+]2ccn(C(=O)CCc3ccccc3)c2)c(C)c1. The Morgan fingerprint density at radius 3 is 2.38 bits per heavy atom. The Hall–Kier alpha value is -2.68. The Kier molecular flexibility index (Phi) is 4.61. The molecule has 3 heteroatoms. The number of hydrogen-bond acceptors (Lipinski definition) is 1. The summed E-state index contributed by atoms with van der Waals surface area (Å²) < 4.78 is 3.71. The van der Waals surface area contributed by atoms with Gasteiger partial charge in [0.2, 0.25) is 0 Å². The van der Waals surface area contributed by atoms with Crippen molar-refractivity contribution < 1.29 is 9.36 Å². The van der Waals surface area contributed by atoms with Gasteiger partial charge < -0.3 is 0 Å². The van der Waals surface area contributed by atoms with Crippen LogP contribution in [0.3, 0.4) is 0 Å². The molecule has 0 N–H and O–H groups in total. The third-order valence-corrected chi connectivity index (χ3v) is 4.29. The van der Waals surface area contributed by atoms with Crippen molar-refractivity contribution >= 4 is 5.91 Å². The summed E-state index contributed by atoms with van der Waals surface area (Å²) in [5.41, 5.74) is 6.03. The molecular weight excluding hydrogens is 296 g/mol. The molecule has 3 aromatic rings. The first-order chi connectivity index (χ1) is 11.5. The zero-order chi connectivity index (χ0) is 17.1. The number of carbonyl (C=O) groups excluding carboxylic acids is 1. The fourth-order valence-corrected chi connectivity index (χ4v) is 3.24. The summed E-state index contributed by atoms with van der Waals surface area (Å²) in [5.74, 6) is 0.111. The van der Waals surface area contributed by atoms with Crippen molar-refractivity contribution in [2.24, 2.45) is 0 Å². The summed E-state index contributed by atoms with van der Waals surface area (Å²) in [7, 11) is 0. The van der Waals surface area contributed by atoms with Crippen LogP contribution >= 0.6 is 0 Å². The zero-order valence-electron chi connectivity index (χ0n) is 14.5. The van der Waals surface area contributed by atoms with E-state index in [0.29, 0.717) is 6.42 Å². The molecule has 3 rings (SSSR count). The third-order valence-electron chi connectivity index (χ3n) is 4.29. The van der Waals surface area contributed by atoms with Gasteiger partial charge in [-0.3, -0.25) is 0 Å². The molecule has 3 nitrogen and oxygen atoms in total. The van der Waals surface area contributed by atoms with E-state index in [2.05, 4.69) is 45.0 Å². The number of imidazole rings is 1. The van der Waals surface area contributed by atoms with E-state index in [1.807, 2.05) is 41.5 Å². The molecule has 1 heterocycles. The van der Waals surface area contributed by atoms with E-state index in [9.17, 15) is 4.79 Å². The lowest BCUT2D eigenvalue weighted by Gasteiger charge is -2.06.